The van der Waals surface area contributed by atoms with Gasteiger partial charge in [0, 0.05) is 6.42 Å². The highest BCUT2D eigenvalue weighted by atomic mass is 32.1. The molecule has 1 saturated heterocycles. The molecule has 1 aliphatic rings. The van der Waals surface area contributed by atoms with Gasteiger partial charge < -0.3 is 10.1 Å². The molecule has 12 heavy (non-hydrogen) atoms. The summed E-state index contributed by atoms with van der Waals surface area (Å²) >= 11 is 3.43. The number of carbonyl (C=O) groups excluding carboxylic acids is 3. The van der Waals surface area contributed by atoms with Crippen LogP contribution in [0.3, 0.4) is 0 Å². The predicted molar refractivity (Wildman–Crippen MR) is 41.6 cm³/mol. The van der Waals surface area contributed by atoms with E-state index in [0.29, 0.717) is 0 Å². The molecule has 0 saturated carbocycles. The van der Waals surface area contributed by atoms with Gasteiger partial charge in [-0.3, -0.25) is 9.59 Å². The van der Waals surface area contributed by atoms with Gasteiger partial charge >= 0.3 is 11.9 Å². The third-order valence-electron chi connectivity index (χ3n) is 1.43. The first-order valence-corrected chi connectivity index (χ1v) is 3.78. The summed E-state index contributed by atoms with van der Waals surface area (Å²) in [5.74, 6) is -1.27. The van der Waals surface area contributed by atoms with Gasteiger partial charge in [0.2, 0.25) is 0 Å². The van der Waals surface area contributed by atoms with Crippen LogP contribution in [-0.4, -0.2) is 23.2 Å². The molecular formula is C6H7NO4S. The molecule has 1 atom stereocenters. The average Bonchev–Trinajstić information content (AvgIpc) is 1.94. The number of esters is 2. The second kappa shape index (κ2) is 3.57. The minimum absolute atomic E-state index is 0.143. The zero-order valence-electron chi connectivity index (χ0n) is 6.07. The van der Waals surface area contributed by atoms with Crippen LogP contribution in [0.5, 0.6) is 0 Å². The van der Waals surface area contributed by atoms with Gasteiger partial charge in [0.25, 0.3) is 5.24 Å². The van der Waals surface area contributed by atoms with E-state index in [1.54, 1.807) is 0 Å². The van der Waals surface area contributed by atoms with Crippen LogP contribution in [0, 0.1) is 0 Å². The number of thiol groups is 1. The van der Waals surface area contributed by atoms with Crippen molar-refractivity contribution in [2.45, 2.75) is 18.9 Å². The minimum atomic E-state index is -0.729. The van der Waals surface area contributed by atoms with Gasteiger partial charge in [-0.15, -0.1) is 0 Å². The first-order chi connectivity index (χ1) is 5.59. The SMILES string of the molecule is O=C(S)N[C@H]1CCC(=O)OC1=O. The molecule has 66 valence electrons. The standard InChI is InChI=1S/C6H7NO4S/c8-4-2-1-3(5(9)11-4)7-6(10)12/h3H,1-2H2,(H2,7,10,12)/t3-/m0/s1. The lowest BCUT2D eigenvalue weighted by molar-refractivity contribution is -0.164. The van der Waals surface area contributed by atoms with Gasteiger partial charge in [-0.2, -0.15) is 0 Å². The number of hydrogen-bond acceptors (Lipinski definition) is 4. The zero-order chi connectivity index (χ0) is 9.14. The zero-order valence-corrected chi connectivity index (χ0v) is 6.97. The highest BCUT2D eigenvalue weighted by Gasteiger charge is 2.29. The molecular weight excluding hydrogens is 182 g/mol. The number of amides is 1. The quantitative estimate of drug-likeness (QED) is 0.342. The fraction of sp³-hybridized carbons (Fsp3) is 0.500. The van der Waals surface area contributed by atoms with Crippen molar-refractivity contribution in [3.63, 3.8) is 0 Å². The summed E-state index contributed by atoms with van der Waals surface area (Å²) in [6.07, 6.45) is 0.425. The second-order valence-corrected chi connectivity index (χ2v) is 2.74. The van der Waals surface area contributed by atoms with Crippen molar-refractivity contribution in [3.05, 3.63) is 0 Å². The number of hydrogen-bond donors (Lipinski definition) is 2. The van der Waals surface area contributed by atoms with Crippen molar-refractivity contribution in [1.82, 2.24) is 5.32 Å². The Bertz CT molecular complexity index is 240. The normalized spacial score (nSPS) is 23.2. The molecule has 1 heterocycles. The van der Waals surface area contributed by atoms with Crippen LogP contribution in [0.15, 0.2) is 0 Å². The molecule has 6 heteroatoms. The van der Waals surface area contributed by atoms with E-state index in [1.807, 2.05) is 0 Å². The Balaban J connectivity index is 2.51. The maximum absolute atomic E-state index is 10.8. The van der Waals surface area contributed by atoms with Crippen molar-refractivity contribution in [3.8, 4) is 0 Å². The Morgan fingerprint density at radius 2 is 2.25 bits per heavy atom. The topological polar surface area (TPSA) is 72.5 Å². The van der Waals surface area contributed by atoms with Gasteiger partial charge in [-0.05, 0) is 6.42 Å². The highest BCUT2D eigenvalue weighted by molar-refractivity contribution is 7.96. The summed E-state index contributed by atoms with van der Waals surface area (Å²) in [7, 11) is 0. The van der Waals surface area contributed by atoms with Gasteiger partial charge in [-0.25, -0.2) is 4.79 Å². The predicted octanol–water partition coefficient (Wildman–Crippen LogP) is -0.142. The van der Waals surface area contributed by atoms with Gasteiger partial charge in [-0.1, -0.05) is 12.6 Å². The molecule has 1 aliphatic heterocycles. The molecule has 1 amide bonds. The third-order valence-corrected chi connectivity index (χ3v) is 1.56. The van der Waals surface area contributed by atoms with Crippen LogP contribution in [0.4, 0.5) is 4.79 Å². The van der Waals surface area contributed by atoms with Crippen molar-refractivity contribution in [2.75, 3.05) is 0 Å². The van der Waals surface area contributed by atoms with Crippen molar-refractivity contribution in [1.29, 1.82) is 0 Å². The van der Waals surface area contributed by atoms with Crippen LogP contribution >= 0.6 is 12.6 Å². The lowest BCUT2D eigenvalue weighted by Crippen LogP contribution is -2.43. The average molecular weight is 189 g/mol. The Hall–Kier alpha value is -1.04. The first-order valence-electron chi connectivity index (χ1n) is 3.33. The van der Waals surface area contributed by atoms with Crippen molar-refractivity contribution in [2.24, 2.45) is 0 Å². The molecule has 0 spiro atoms. The van der Waals surface area contributed by atoms with Crippen LogP contribution in [0.1, 0.15) is 12.8 Å². The van der Waals surface area contributed by atoms with E-state index in [0.717, 1.165) is 0 Å². The monoisotopic (exact) mass is 189 g/mol. The van der Waals surface area contributed by atoms with Gasteiger partial charge in [0.05, 0.1) is 0 Å². The summed E-state index contributed by atoms with van der Waals surface area (Å²) in [4.78, 5) is 31.8. The first kappa shape index (κ1) is 9.05. The van der Waals surface area contributed by atoms with Gasteiger partial charge in [0.15, 0.2) is 0 Å². The van der Waals surface area contributed by atoms with E-state index in [9.17, 15) is 14.4 Å². The maximum Gasteiger partial charge on any atom is 0.336 e. The number of rotatable bonds is 1. The Kier molecular flexibility index (Phi) is 2.69. The van der Waals surface area contributed by atoms with Crippen LogP contribution in [0.2, 0.25) is 0 Å². The Labute approximate surface area is 73.9 Å². The van der Waals surface area contributed by atoms with Crippen molar-refractivity contribution < 1.29 is 19.1 Å². The van der Waals surface area contributed by atoms with Gasteiger partial charge in [0.1, 0.15) is 6.04 Å². The van der Waals surface area contributed by atoms with Crippen LogP contribution in [-0.2, 0) is 14.3 Å². The summed E-state index contributed by atoms with van der Waals surface area (Å²) in [5.41, 5.74) is 0. The molecule has 0 radical (unpaired) electrons. The fourth-order valence-electron chi connectivity index (χ4n) is 0.895. The summed E-state index contributed by atoms with van der Waals surface area (Å²) < 4.78 is 4.27. The molecule has 0 aromatic carbocycles. The second-order valence-electron chi connectivity index (χ2n) is 2.33. The van der Waals surface area contributed by atoms with Crippen molar-refractivity contribution >= 4 is 29.8 Å². The third kappa shape index (κ3) is 2.23. The van der Waals surface area contributed by atoms with E-state index in [4.69, 9.17) is 0 Å². The maximum atomic E-state index is 10.8. The summed E-state index contributed by atoms with van der Waals surface area (Å²) in [6.45, 7) is 0. The molecule has 0 bridgehead atoms. The molecule has 0 aromatic rings. The Morgan fingerprint density at radius 1 is 1.58 bits per heavy atom. The van der Waals surface area contributed by atoms with Crippen LogP contribution < -0.4 is 5.32 Å². The largest absolute Gasteiger partial charge is 0.392 e. The number of nitrogens with one attached hydrogen (secondary N) is 1. The smallest absolute Gasteiger partial charge is 0.336 e. The number of carbonyl (C=O) groups is 3. The number of ether oxygens (including phenoxy) is 1. The molecule has 0 unspecified atom stereocenters. The lowest BCUT2D eigenvalue weighted by Gasteiger charge is -2.19. The van der Waals surface area contributed by atoms with E-state index in [1.165, 1.54) is 0 Å². The lowest BCUT2D eigenvalue weighted by atomic mass is 10.1. The van der Waals surface area contributed by atoms with E-state index in [-0.39, 0.29) is 12.8 Å². The summed E-state index contributed by atoms with van der Waals surface area (Å²) in [6, 6.07) is -0.729. The van der Waals surface area contributed by atoms with E-state index in [2.05, 4.69) is 22.7 Å². The molecule has 0 aliphatic carbocycles. The fourth-order valence-corrected chi connectivity index (χ4v) is 1.05. The molecule has 5 nitrogen and oxygen atoms in total. The minimum Gasteiger partial charge on any atom is -0.392 e. The van der Waals surface area contributed by atoms with Crippen LogP contribution in [0.25, 0.3) is 0 Å². The molecule has 1 fully saturated rings. The molecule has 1 N–H and O–H groups in total. The summed E-state index contributed by atoms with van der Waals surface area (Å²) in [5, 5.41) is 1.65. The Morgan fingerprint density at radius 3 is 2.75 bits per heavy atom. The van der Waals surface area contributed by atoms with E-state index < -0.39 is 23.2 Å². The molecule has 0 aromatic heterocycles. The van der Waals surface area contributed by atoms with E-state index >= 15 is 0 Å². The highest BCUT2D eigenvalue weighted by Crippen LogP contribution is 2.09. The molecule has 1 rings (SSSR count). The number of cyclic esters (lactones) is 2.